The lowest BCUT2D eigenvalue weighted by Crippen LogP contribution is -2.14. The first-order valence-electron chi connectivity index (χ1n) is 12.0. The van der Waals surface area contributed by atoms with E-state index in [0.29, 0.717) is 6.04 Å². The molecule has 4 N–H and O–H groups in total. The van der Waals surface area contributed by atoms with E-state index in [-0.39, 0.29) is 0 Å². The van der Waals surface area contributed by atoms with Crippen molar-refractivity contribution in [1.29, 1.82) is 0 Å². The average molecular weight is 451 g/mol. The summed E-state index contributed by atoms with van der Waals surface area (Å²) in [5, 5.41) is 9.35. The van der Waals surface area contributed by atoms with Gasteiger partial charge < -0.3 is 20.6 Å². The Morgan fingerprint density at radius 3 is 2.65 bits per heavy atom. The van der Waals surface area contributed by atoms with Crippen molar-refractivity contribution < 1.29 is 0 Å². The number of rotatable bonds is 6. The van der Waals surface area contributed by atoms with Crippen LogP contribution in [0, 0.1) is 12.8 Å². The van der Waals surface area contributed by atoms with Crippen LogP contribution >= 0.6 is 0 Å². The van der Waals surface area contributed by atoms with Gasteiger partial charge in [-0.2, -0.15) is 0 Å². The second-order valence-electron chi connectivity index (χ2n) is 8.76. The predicted octanol–water partition coefficient (Wildman–Crippen LogP) is 5.43. The Morgan fingerprint density at radius 2 is 1.82 bits per heavy atom. The highest BCUT2D eigenvalue weighted by molar-refractivity contribution is 6.05. The fourth-order valence-electron chi connectivity index (χ4n) is 4.79. The van der Waals surface area contributed by atoms with Gasteiger partial charge in [-0.3, -0.25) is 0 Å². The van der Waals surface area contributed by atoms with Crippen molar-refractivity contribution in [3.05, 3.63) is 60.2 Å². The van der Waals surface area contributed by atoms with Gasteiger partial charge in [0.05, 0.1) is 34.7 Å². The molecule has 1 aliphatic heterocycles. The zero-order chi connectivity index (χ0) is 23.5. The molecule has 0 unspecified atom stereocenters. The third-order valence-electron chi connectivity index (χ3n) is 6.46. The lowest BCUT2D eigenvalue weighted by atomic mass is 10.0. The molecule has 0 radical (unpaired) electrons. The monoisotopic (exact) mass is 450 g/mol. The summed E-state index contributed by atoms with van der Waals surface area (Å²) in [4.78, 5) is 16.7. The first-order chi connectivity index (χ1) is 16.8. The second kappa shape index (κ2) is 9.68. The number of terminal acetylenes is 1. The summed E-state index contributed by atoms with van der Waals surface area (Å²) in [6.07, 6.45) is 11.5. The van der Waals surface area contributed by atoms with E-state index in [1.165, 1.54) is 28.3 Å². The maximum atomic E-state index is 4.96. The van der Waals surface area contributed by atoms with Gasteiger partial charge in [0.25, 0.3) is 0 Å². The van der Waals surface area contributed by atoms with Gasteiger partial charge in [-0.15, -0.1) is 12.8 Å². The quantitative estimate of drug-likeness (QED) is 0.205. The number of aromatic amines is 2. The van der Waals surface area contributed by atoms with Gasteiger partial charge in [-0.1, -0.05) is 31.2 Å². The Morgan fingerprint density at radius 1 is 0.971 bits per heavy atom. The third kappa shape index (κ3) is 4.16. The van der Waals surface area contributed by atoms with E-state index < -0.39 is 0 Å². The maximum Gasteiger partial charge on any atom is 0.124 e. The largest absolute Gasteiger partial charge is 0.341 e. The molecule has 3 heterocycles. The van der Waals surface area contributed by atoms with Crippen LogP contribution in [0.5, 0.6) is 0 Å². The third-order valence-corrected chi connectivity index (χ3v) is 6.46. The Kier molecular flexibility index (Phi) is 6.31. The minimum Gasteiger partial charge on any atom is -0.341 e. The van der Waals surface area contributed by atoms with Crippen molar-refractivity contribution in [2.24, 2.45) is 0 Å². The summed E-state index contributed by atoms with van der Waals surface area (Å²) in [5.41, 5.74) is 6.64. The van der Waals surface area contributed by atoms with Crippen LogP contribution < -0.4 is 10.6 Å². The van der Waals surface area contributed by atoms with Crippen LogP contribution in [0.4, 0.5) is 0 Å². The molecule has 2 aromatic heterocycles. The molecule has 1 saturated heterocycles. The summed E-state index contributed by atoms with van der Waals surface area (Å²) in [7, 11) is 0. The van der Waals surface area contributed by atoms with Gasteiger partial charge in [0.15, 0.2) is 0 Å². The number of hydrogen-bond acceptors (Lipinski definition) is 4. The predicted molar refractivity (Wildman–Crippen MR) is 141 cm³/mol. The number of nitrogens with one attached hydrogen (secondary N) is 4. The second-order valence-corrected chi connectivity index (χ2v) is 8.76. The highest BCUT2D eigenvalue weighted by Crippen LogP contribution is 2.31. The fourth-order valence-corrected chi connectivity index (χ4v) is 4.79. The van der Waals surface area contributed by atoms with Crippen molar-refractivity contribution in [3.8, 4) is 24.0 Å². The summed E-state index contributed by atoms with van der Waals surface area (Å²) >= 11 is 0. The summed E-state index contributed by atoms with van der Waals surface area (Å²) in [6, 6.07) is 17.8. The lowest BCUT2D eigenvalue weighted by molar-refractivity contribution is 0.614. The number of imidazole rings is 2. The number of H-pyrrole nitrogens is 2. The molecule has 1 fully saturated rings. The summed E-state index contributed by atoms with van der Waals surface area (Å²) in [6.45, 7) is 5.01. The highest BCUT2D eigenvalue weighted by atomic mass is 15.0. The molecular formula is C28H30N6. The van der Waals surface area contributed by atoms with Gasteiger partial charge in [-0.05, 0) is 73.1 Å². The van der Waals surface area contributed by atoms with Crippen molar-refractivity contribution in [3.63, 3.8) is 0 Å². The van der Waals surface area contributed by atoms with Gasteiger partial charge in [0.2, 0.25) is 0 Å². The first kappa shape index (κ1) is 22.1. The molecular weight excluding hydrogens is 420 g/mol. The standard InChI is InChI=1S/C26H28N6.C2H2/c1-2-11-27-15-24-29-20-9-6-17(14-23(20)30-24)16-5-8-19-18(13-16)7-10-21-25(19)32-26(31-21)22-4-3-12-28-22;1-2/h5-10,13-14,22,27-28H,2-4,11-12,15H2,1H3,(H,29,30)(H,31,32);1-2H/t22-;/m0./s1. The van der Waals surface area contributed by atoms with Crippen molar-refractivity contribution in [1.82, 2.24) is 30.6 Å². The number of hydrogen-bond donors (Lipinski definition) is 4. The van der Waals surface area contributed by atoms with Crippen LogP contribution in [0.1, 0.15) is 43.9 Å². The van der Waals surface area contributed by atoms with Gasteiger partial charge >= 0.3 is 0 Å². The molecule has 1 aliphatic rings. The number of nitrogens with zero attached hydrogens (tertiary/aromatic N) is 2. The van der Waals surface area contributed by atoms with E-state index in [9.17, 15) is 0 Å². The van der Waals surface area contributed by atoms with Crippen LogP contribution in [-0.4, -0.2) is 33.0 Å². The molecule has 172 valence electrons. The van der Waals surface area contributed by atoms with E-state index >= 15 is 0 Å². The van der Waals surface area contributed by atoms with Crippen LogP contribution in [0.25, 0.3) is 44.0 Å². The van der Waals surface area contributed by atoms with Crippen molar-refractivity contribution >= 4 is 32.8 Å². The normalized spacial score (nSPS) is 15.7. The zero-order valence-corrected chi connectivity index (χ0v) is 19.5. The number of benzene rings is 3. The minimum atomic E-state index is 0.347. The SMILES string of the molecule is C#C.CCCNCc1nc2ccc(-c3ccc4c(ccc5[nH]c([C@@H]6CCCN6)nc54)c3)cc2[nH]1. The molecule has 0 saturated carbocycles. The highest BCUT2D eigenvalue weighted by Gasteiger charge is 2.20. The summed E-state index contributed by atoms with van der Waals surface area (Å²) in [5.74, 6) is 2.04. The first-order valence-corrected chi connectivity index (χ1v) is 12.0. The smallest absolute Gasteiger partial charge is 0.124 e. The Bertz CT molecular complexity index is 1450. The lowest BCUT2D eigenvalue weighted by Gasteiger charge is -2.05. The molecule has 34 heavy (non-hydrogen) atoms. The van der Waals surface area contributed by atoms with E-state index in [4.69, 9.17) is 9.97 Å². The van der Waals surface area contributed by atoms with Gasteiger partial charge in [-0.25, -0.2) is 9.97 Å². The maximum absolute atomic E-state index is 4.96. The van der Waals surface area contributed by atoms with Crippen LogP contribution in [0.3, 0.4) is 0 Å². The molecule has 0 bridgehead atoms. The van der Waals surface area contributed by atoms with Crippen LogP contribution in [-0.2, 0) is 6.54 Å². The average Bonchev–Trinajstić information content (AvgIpc) is 3.63. The molecule has 0 aliphatic carbocycles. The fraction of sp³-hybridized carbons (Fsp3) is 0.286. The molecule has 6 rings (SSSR count). The van der Waals surface area contributed by atoms with Crippen molar-refractivity contribution in [2.45, 2.75) is 38.8 Å². The number of aromatic nitrogens is 4. The zero-order valence-electron chi connectivity index (χ0n) is 19.5. The molecule has 6 heteroatoms. The molecule has 0 amide bonds. The summed E-state index contributed by atoms with van der Waals surface area (Å²) < 4.78 is 0. The topological polar surface area (TPSA) is 81.4 Å². The minimum absolute atomic E-state index is 0.347. The molecule has 3 aromatic carbocycles. The number of fused-ring (bicyclic) bond motifs is 4. The molecule has 5 aromatic rings. The van der Waals surface area contributed by atoms with E-state index in [1.807, 2.05) is 0 Å². The van der Waals surface area contributed by atoms with E-state index in [2.05, 4.69) is 88.9 Å². The Hall–Kier alpha value is -3.66. The molecule has 6 nitrogen and oxygen atoms in total. The van der Waals surface area contributed by atoms with Crippen molar-refractivity contribution in [2.75, 3.05) is 13.1 Å². The van der Waals surface area contributed by atoms with Crippen LogP contribution in [0.2, 0.25) is 0 Å². The Labute approximate surface area is 199 Å². The molecule has 0 spiro atoms. The Balaban J connectivity index is 0.00000117. The molecule has 1 atom stereocenters. The van der Waals surface area contributed by atoms with E-state index in [1.54, 1.807) is 0 Å². The van der Waals surface area contributed by atoms with Gasteiger partial charge in [0, 0.05) is 5.39 Å². The van der Waals surface area contributed by atoms with Gasteiger partial charge in [0.1, 0.15) is 11.6 Å². The van der Waals surface area contributed by atoms with Crippen LogP contribution in [0.15, 0.2) is 48.5 Å². The van der Waals surface area contributed by atoms with E-state index in [0.717, 1.165) is 66.2 Å².